The van der Waals surface area contributed by atoms with E-state index in [0.29, 0.717) is 12.0 Å². The highest BCUT2D eigenvalue weighted by Gasteiger charge is 2.11. The fraction of sp³-hybridized carbons (Fsp3) is 0.727. The van der Waals surface area contributed by atoms with Crippen molar-refractivity contribution in [3.05, 3.63) is 12.2 Å². The summed E-state index contributed by atoms with van der Waals surface area (Å²) in [5.41, 5.74) is 0.363. The molecule has 2 N–H and O–H groups in total. The average Bonchev–Trinajstić information content (AvgIpc) is 2.22. The maximum absolute atomic E-state index is 11.0. The Labute approximate surface area is 90.6 Å². The van der Waals surface area contributed by atoms with Crippen molar-refractivity contribution < 1.29 is 19.7 Å². The van der Waals surface area contributed by atoms with Crippen molar-refractivity contribution >= 4 is 5.97 Å². The number of aliphatic hydroxyl groups is 2. The van der Waals surface area contributed by atoms with Crippen LogP contribution < -0.4 is 0 Å². The number of carbonyl (C=O) groups is 1. The molecule has 0 aliphatic carbocycles. The summed E-state index contributed by atoms with van der Waals surface area (Å²) in [5, 5.41) is 17.6. The van der Waals surface area contributed by atoms with Crippen LogP contribution in [0.2, 0.25) is 0 Å². The zero-order valence-electron chi connectivity index (χ0n) is 9.24. The predicted molar refractivity (Wildman–Crippen MR) is 57.3 cm³/mol. The van der Waals surface area contributed by atoms with Gasteiger partial charge in [-0.15, -0.1) is 0 Å². The Morgan fingerprint density at radius 3 is 2.53 bits per heavy atom. The standard InChI is InChI=1S/C11H20O4/c1-9(2)11(14)15-8-10(7-13)5-3-4-6-12/h10,12-13H,1,3-8H2,2H3. The molecule has 0 aromatic carbocycles. The summed E-state index contributed by atoms with van der Waals surface area (Å²) in [6.45, 7) is 5.42. The first kappa shape index (κ1) is 14.1. The second-order valence-electron chi connectivity index (χ2n) is 3.65. The molecule has 4 nitrogen and oxygen atoms in total. The van der Waals surface area contributed by atoms with E-state index < -0.39 is 5.97 Å². The summed E-state index contributed by atoms with van der Waals surface area (Å²) in [7, 11) is 0. The first-order chi connectivity index (χ1) is 7.11. The molecule has 0 saturated heterocycles. The van der Waals surface area contributed by atoms with Crippen LogP contribution in [0, 0.1) is 5.92 Å². The highest BCUT2D eigenvalue weighted by Crippen LogP contribution is 2.09. The number of hydrogen-bond acceptors (Lipinski definition) is 4. The van der Waals surface area contributed by atoms with Crippen molar-refractivity contribution in [1.82, 2.24) is 0 Å². The molecular weight excluding hydrogens is 196 g/mol. The second kappa shape index (κ2) is 8.44. The molecule has 0 aliphatic heterocycles. The van der Waals surface area contributed by atoms with Crippen molar-refractivity contribution in [2.24, 2.45) is 5.92 Å². The van der Waals surface area contributed by atoms with E-state index >= 15 is 0 Å². The zero-order chi connectivity index (χ0) is 11.7. The highest BCUT2D eigenvalue weighted by molar-refractivity contribution is 5.86. The van der Waals surface area contributed by atoms with E-state index in [9.17, 15) is 4.79 Å². The summed E-state index contributed by atoms with van der Waals surface area (Å²) in [6.07, 6.45) is 2.29. The lowest BCUT2D eigenvalue weighted by atomic mass is 10.0. The van der Waals surface area contributed by atoms with Crippen LogP contribution in [0.1, 0.15) is 26.2 Å². The molecule has 0 saturated carbocycles. The number of esters is 1. The van der Waals surface area contributed by atoms with Gasteiger partial charge < -0.3 is 14.9 Å². The number of hydrogen-bond donors (Lipinski definition) is 2. The summed E-state index contributed by atoms with van der Waals surface area (Å²) >= 11 is 0. The molecule has 0 fully saturated rings. The molecule has 1 unspecified atom stereocenters. The van der Waals surface area contributed by atoms with E-state index in [1.165, 1.54) is 0 Å². The van der Waals surface area contributed by atoms with Crippen LogP contribution in [0.4, 0.5) is 0 Å². The Morgan fingerprint density at radius 1 is 1.40 bits per heavy atom. The SMILES string of the molecule is C=C(C)C(=O)OCC(CO)CCCCO. The van der Waals surface area contributed by atoms with Crippen LogP contribution in [-0.2, 0) is 9.53 Å². The molecule has 4 heteroatoms. The molecule has 0 amide bonds. The normalized spacial score (nSPS) is 12.2. The van der Waals surface area contributed by atoms with Crippen LogP contribution in [-0.4, -0.2) is 36.0 Å². The molecule has 1 atom stereocenters. The van der Waals surface area contributed by atoms with Crippen molar-refractivity contribution in [2.45, 2.75) is 26.2 Å². The van der Waals surface area contributed by atoms with Crippen molar-refractivity contribution in [1.29, 1.82) is 0 Å². The van der Waals surface area contributed by atoms with Gasteiger partial charge in [-0.05, 0) is 19.8 Å². The monoisotopic (exact) mass is 216 g/mol. The van der Waals surface area contributed by atoms with E-state index in [1.807, 2.05) is 0 Å². The number of ether oxygens (including phenoxy) is 1. The first-order valence-corrected chi connectivity index (χ1v) is 5.16. The number of unbranched alkanes of at least 4 members (excludes halogenated alkanes) is 1. The third kappa shape index (κ3) is 7.11. The smallest absolute Gasteiger partial charge is 0.333 e. The molecular formula is C11H20O4. The van der Waals surface area contributed by atoms with Gasteiger partial charge in [0.05, 0.1) is 6.61 Å². The van der Waals surface area contributed by atoms with Crippen LogP contribution in [0.15, 0.2) is 12.2 Å². The Morgan fingerprint density at radius 2 is 2.07 bits per heavy atom. The van der Waals surface area contributed by atoms with Crippen LogP contribution >= 0.6 is 0 Å². The molecule has 0 aromatic heterocycles. The first-order valence-electron chi connectivity index (χ1n) is 5.16. The van der Waals surface area contributed by atoms with E-state index in [-0.39, 0.29) is 25.7 Å². The topological polar surface area (TPSA) is 66.8 Å². The van der Waals surface area contributed by atoms with Crippen LogP contribution in [0.5, 0.6) is 0 Å². The molecule has 0 aliphatic rings. The van der Waals surface area contributed by atoms with Gasteiger partial charge in [-0.1, -0.05) is 13.0 Å². The Balaban J connectivity index is 3.69. The van der Waals surface area contributed by atoms with Gasteiger partial charge >= 0.3 is 5.97 Å². The van der Waals surface area contributed by atoms with Crippen molar-refractivity contribution in [3.63, 3.8) is 0 Å². The molecule has 0 bridgehead atoms. The number of aliphatic hydroxyl groups excluding tert-OH is 2. The molecule has 88 valence electrons. The lowest BCUT2D eigenvalue weighted by Crippen LogP contribution is -2.17. The van der Waals surface area contributed by atoms with Gasteiger partial charge in [-0.2, -0.15) is 0 Å². The number of carbonyl (C=O) groups excluding carboxylic acids is 1. The fourth-order valence-corrected chi connectivity index (χ4v) is 1.09. The van der Waals surface area contributed by atoms with Gasteiger partial charge in [0.15, 0.2) is 0 Å². The lowest BCUT2D eigenvalue weighted by molar-refractivity contribution is -0.140. The van der Waals surface area contributed by atoms with E-state index in [2.05, 4.69) is 6.58 Å². The summed E-state index contributed by atoms with van der Waals surface area (Å²) in [6, 6.07) is 0. The van der Waals surface area contributed by atoms with Crippen molar-refractivity contribution in [3.8, 4) is 0 Å². The molecule has 15 heavy (non-hydrogen) atoms. The highest BCUT2D eigenvalue weighted by atomic mass is 16.5. The van der Waals surface area contributed by atoms with Crippen LogP contribution in [0.3, 0.4) is 0 Å². The van der Waals surface area contributed by atoms with Crippen LogP contribution in [0.25, 0.3) is 0 Å². The van der Waals surface area contributed by atoms with Gasteiger partial charge in [0.2, 0.25) is 0 Å². The van der Waals surface area contributed by atoms with E-state index in [0.717, 1.165) is 12.8 Å². The Kier molecular flexibility index (Phi) is 7.95. The maximum atomic E-state index is 11.0. The molecule has 0 spiro atoms. The zero-order valence-corrected chi connectivity index (χ0v) is 9.24. The van der Waals surface area contributed by atoms with Gasteiger partial charge in [-0.3, -0.25) is 0 Å². The average molecular weight is 216 g/mol. The molecule has 0 heterocycles. The minimum absolute atomic E-state index is 0.00506. The van der Waals surface area contributed by atoms with E-state index in [1.54, 1.807) is 6.92 Å². The fourth-order valence-electron chi connectivity index (χ4n) is 1.09. The second-order valence-corrected chi connectivity index (χ2v) is 3.65. The largest absolute Gasteiger partial charge is 0.462 e. The van der Waals surface area contributed by atoms with Gasteiger partial charge in [0.25, 0.3) is 0 Å². The molecule has 0 aromatic rings. The van der Waals surface area contributed by atoms with Gasteiger partial charge in [0.1, 0.15) is 0 Å². The molecule has 0 rings (SSSR count). The quantitative estimate of drug-likeness (QED) is 0.359. The summed E-state index contributed by atoms with van der Waals surface area (Å²) < 4.78 is 4.93. The lowest BCUT2D eigenvalue weighted by Gasteiger charge is -2.13. The maximum Gasteiger partial charge on any atom is 0.333 e. The Bertz CT molecular complexity index is 201. The minimum Gasteiger partial charge on any atom is -0.462 e. The van der Waals surface area contributed by atoms with Gasteiger partial charge in [0, 0.05) is 24.7 Å². The number of rotatable bonds is 8. The predicted octanol–water partition coefficient (Wildman–Crippen LogP) is 0.877. The van der Waals surface area contributed by atoms with E-state index in [4.69, 9.17) is 14.9 Å². The van der Waals surface area contributed by atoms with Crippen molar-refractivity contribution in [2.75, 3.05) is 19.8 Å². The summed E-state index contributed by atoms with van der Waals surface area (Å²) in [5.74, 6) is -0.463. The Hall–Kier alpha value is -0.870. The van der Waals surface area contributed by atoms with Gasteiger partial charge in [-0.25, -0.2) is 4.79 Å². The minimum atomic E-state index is -0.421. The third-order valence-corrected chi connectivity index (χ3v) is 2.08. The third-order valence-electron chi connectivity index (χ3n) is 2.08. The summed E-state index contributed by atoms with van der Waals surface area (Å²) in [4.78, 5) is 11.0. The molecule has 0 radical (unpaired) electrons.